The third-order valence-corrected chi connectivity index (χ3v) is 7.93. The number of benzene rings is 1. The number of nitrogens with zero attached hydrogens (tertiary/aromatic N) is 6. The molecule has 2 aliphatic rings. The minimum absolute atomic E-state index is 0.215. The average Bonchev–Trinajstić information content (AvgIpc) is 3.32. The Labute approximate surface area is 243 Å². The molecule has 41 heavy (non-hydrogen) atoms. The van der Waals surface area contributed by atoms with Gasteiger partial charge < -0.3 is 20.1 Å². The lowest BCUT2D eigenvalue weighted by Gasteiger charge is -2.35. The minimum Gasteiger partial charge on any atom is -0.444 e. The van der Waals surface area contributed by atoms with E-state index in [9.17, 15) is 9.90 Å². The van der Waals surface area contributed by atoms with Gasteiger partial charge in [0.1, 0.15) is 11.3 Å². The summed E-state index contributed by atoms with van der Waals surface area (Å²) in [4.78, 5) is 26.1. The van der Waals surface area contributed by atoms with Crippen molar-refractivity contribution in [2.45, 2.75) is 90.5 Å². The Morgan fingerprint density at radius 1 is 1.07 bits per heavy atom. The summed E-state index contributed by atoms with van der Waals surface area (Å²) in [5.41, 5.74) is 3.53. The number of aliphatic hydroxyl groups is 1. The number of unbranched alkanes of at least 4 members (excludes halogenated alkanes) is 1. The zero-order valence-electron chi connectivity index (χ0n) is 25.0. The standard InChI is InChI=1S/C31H45N7O3/c1-5-6-15-32-29-33-20-26-27(35-38(28(26)34-29)24-11-13-25(39)14-12-24)23-9-7-22(8-10-23)21-36-16-18-37(19-17-36)30(40)41-31(2,3)4/h7-10,20,24-25,39H,5-6,11-19,21H2,1-4H3,(H,32,33,34). The Bertz CT molecular complexity index is 1300. The Morgan fingerprint density at radius 3 is 2.44 bits per heavy atom. The van der Waals surface area contributed by atoms with Crippen molar-refractivity contribution in [2.24, 2.45) is 0 Å². The molecule has 0 bridgehead atoms. The van der Waals surface area contributed by atoms with Gasteiger partial charge in [0.15, 0.2) is 5.65 Å². The van der Waals surface area contributed by atoms with Gasteiger partial charge in [-0.1, -0.05) is 37.6 Å². The summed E-state index contributed by atoms with van der Waals surface area (Å²) in [6, 6.07) is 8.82. The maximum atomic E-state index is 12.4. The molecule has 2 N–H and O–H groups in total. The number of piperazine rings is 1. The van der Waals surface area contributed by atoms with E-state index in [4.69, 9.17) is 14.8 Å². The first-order chi connectivity index (χ1) is 19.7. The van der Waals surface area contributed by atoms with Crippen molar-refractivity contribution in [3.8, 4) is 11.3 Å². The van der Waals surface area contributed by atoms with Crippen LogP contribution in [0.2, 0.25) is 0 Å². The zero-order valence-corrected chi connectivity index (χ0v) is 25.0. The molecule has 1 saturated heterocycles. The first kappa shape index (κ1) is 29.3. The Balaban J connectivity index is 1.29. The number of amides is 1. The topological polar surface area (TPSA) is 109 Å². The average molecular weight is 564 g/mol. The first-order valence-electron chi connectivity index (χ1n) is 15.2. The summed E-state index contributed by atoms with van der Waals surface area (Å²) >= 11 is 0. The number of rotatable bonds is 8. The molecule has 2 aromatic heterocycles. The molecule has 1 aromatic carbocycles. The highest BCUT2D eigenvalue weighted by molar-refractivity contribution is 5.91. The molecule has 0 spiro atoms. The Hall–Kier alpha value is -3.24. The van der Waals surface area contributed by atoms with Crippen LogP contribution in [0.25, 0.3) is 22.3 Å². The largest absolute Gasteiger partial charge is 0.444 e. The third-order valence-electron chi connectivity index (χ3n) is 7.93. The number of aliphatic hydroxyl groups excluding tert-OH is 1. The van der Waals surface area contributed by atoms with E-state index in [2.05, 4.69) is 51.1 Å². The van der Waals surface area contributed by atoms with Gasteiger partial charge in [-0.3, -0.25) is 4.90 Å². The molecule has 0 unspecified atom stereocenters. The number of fused-ring (bicyclic) bond motifs is 1. The highest BCUT2D eigenvalue weighted by Gasteiger charge is 2.27. The van der Waals surface area contributed by atoms with Crippen LogP contribution in [-0.4, -0.2) is 85.2 Å². The molecule has 1 aliphatic heterocycles. The van der Waals surface area contributed by atoms with Crippen LogP contribution < -0.4 is 5.32 Å². The van der Waals surface area contributed by atoms with Crippen LogP contribution in [-0.2, 0) is 11.3 Å². The number of carbonyl (C=O) groups excluding carboxylic acids is 1. The zero-order chi connectivity index (χ0) is 29.0. The first-order valence-corrected chi connectivity index (χ1v) is 15.2. The van der Waals surface area contributed by atoms with E-state index in [1.165, 1.54) is 5.56 Å². The fraction of sp³-hybridized carbons (Fsp3) is 0.613. The minimum atomic E-state index is -0.476. The predicted molar refractivity (Wildman–Crippen MR) is 161 cm³/mol. The molecule has 3 heterocycles. The van der Waals surface area contributed by atoms with Crippen LogP contribution in [0.4, 0.5) is 10.7 Å². The molecule has 10 heteroatoms. The van der Waals surface area contributed by atoms with E-state index in [-0.39, 0.29) is 18.2 Å². The van der Waals surface area contributed by atoms with Crippen molar-refractivity contribution >= 4 is 23.1 Å². The van der Waals surface area contributed by atoms with Gasteiger partial charge in [-0.2, -0.15) is 10.1 Å². The van der Waals surface area contributed by atoms with E-state index in [0.717, 1.165) is 87.0 Å². The van der Waals surface area contributed by atoms with E-state index < -0.39 is 5.60 Å². The molecule has 1 aliphatic carbocycles. The lowest BCUT2D eigenvalue weighted by atomic mass is 9.93. The number of hydrogen-bond acceptors (Lipinski definition) is 8. The van der Waals surface area contributed by atoms with Crippen LogP contribution in [0.5, 0.6) is 0 Å². The molecule has 0 radical (unpaired) electrons. The number of aromatic nitrogens is 4. The molecule has 1 amide bonds. The fourth-order valence-corrected chi connectivity index (χ4v) is 5.60. The maximum Gasteiger partial charge on any atom is 0.410 e. The Morgan fingerprint density at radius 2 is 1.78 bits per heavy atom. The van der Waals surface area contributed by atoms with Gasteiger partial charge in [0.25, 0.3) is 0 Å². The van der Waals surface area contributed by atoms with E-state index >= 15 is 0 Å². The van der Waals surface area contributed by atoms with Crippen LogP contribution in [0.3, 0.4) is 0 Å². The van der Waals surface area contributed by atoms with Gasteiger partial charge in [-0.25, -0.2) is 14.5 Å². The van der Waals surface area contributed by atoms with E-state index in [0.29, 0.717) is 19.0 Å². The van der Waals surface area contributed by atoms with Crippen LogP contribution in [0.15, 0.2) is 30.5 Å². The highest BCUT2D eigenvalue weighted by Crippen LogP contribution is 2.34. The quantitative estimate of drug-likeness (QED) is 0.359. The van der Waals surface area contributed by atoms with Gasteiger partial charge in [0.2, 0.25) is 5.95 Å². The summed E-state index contributed by atoms with van der Waals surface area (Å²) in [7, 11) is 0. The molecule has 2 fully saturated rings. The normalized spacial score (nSPS) is 20.4. The van der Waals surface area contributed by atoms with Crippen LogP contribution >= 0.6 is 0 Å². The van der Waals surface area contributed by atoms with Crippen LogP contribution in [0.1, 0.15) is 77.8 Å². The van der Waals surface area contributed by atoms with Crippen molar-refractivity contribution < 1.29 is 14.6 Å². The number of ether oxygens (including phenoxy) is 1. The van der Waals surface area contributed by atoms with Gasteiger partial charge in [0.05, 0.1) is 17.5 Å². The van der Waals surface area contributed by atoms with Gasteiger partial charge >= 0.3 is 6.09 Å². The summed E-state index contributed by atoms with van der Waals surface area (Å²) in [6.45, 7) is 12.5. The molecular weight excluding hydrogens is 518 g/mol. The van der Waals surface area contributed by atoms with Crippen molar-refractivity contribution in [1.82, 2.24) is 29.5 Å². The molecule has 3 aromatic rings. The van der Waals surface area contributed by atoms with Gasteiger partial charge in [0, 0.05) is 51.0 Å². The van der Waals surface area contributed by atoms with Gasteiger partial charge in [-0.05, 0) is 58.4 Å². The molecule has 0 atom stereocenters. The molecule has 10 nitrogen and oxygen atoms in total. The summed E-state index contributed by atoms with van der Waals surface area (Å²) in [6.07, 6.45) is 6.97. The number of hydrogen-bond donors (Lipinski definition) is 2. The number of anilines is 1. The second-order valence-corrected chi connectivity index (χ2v) is 12.4. The second kappa shape index (κ2) is 12.7. The van der Waals surface area contributed by atoms with Crippen molar-refractivity contribution in [1.29, 1.82) is 0 Å². The van der Waals surface area contributed by atoms with Crippen molar-refractivity contribution in [3.05, 3.63) is 36.0 Å². The fourth-order valence-electron chi connectivity index (χ4n) is 5.60. The summed E-state index contributed by atoms with van der Waals surface area (Å²) in [5.74, 6) is 0.636. The van der Waals surface area contributed by atoms with Crippen molar-refractivity contribution in [3.63, 3.8) is 0 Å². The van der Waals surface area contributed by atoms with Crippen molar-refractivity contribution in [2.75, 3.05) is 38.0 Å². The molecule has 1 saturated carbocycles. The third kappa shape index (κ3) is 7.35. The Kier molecular flexibility index (Phi) is 9.09. The summed E-state index contributed by atoms with van der Waals surface area (Å²) < 4.78 is 7.60. The lowest BCUT2D eigenvalue weighted by molar-refractivity contribution is 0.0139. The van der Waals surface area contributed by atoms with E-state index in [1.807, 2.05) is 27.0 Å². The lowest BCUT2D eigenvalue weighted by Crippen LogP contribution is -2.49. The number of nitrogens with one attached hydrogen (secondary N) is 1. The van der Waals surface area contributed by atoms with E-state index in [1.54, 1.807) is 4.90 Å². The van der Waals surface area contributed by atoms with Crippen LogP contribution in [0, 0.1) is 0 Å². The predicted octanol–water partition coefficient (Wildman–Crippen LogP) is 5.23. The maximum absolute atomic E-state index is 12.4. The molecule has 222 valence electrons. The molecular formula is C31H45N7O3. The molecule has 5 rings (SSSR count). The monoisotopic (exact) mass is 563 g/mol. The van der Waals surface area contributed by atoms with Gasteiger partial charge in [-0.15, -0.1) is 0 Å². The SMILES string of the molecule is CCCCNc1ncc2c(-c3ccc(CN4CCN(C(=O)OC(C)(C)C)CC4)cc3)nn(C3CCC(O)CC3)c2n1. The summed E-state index contributed by atoms with van der Waals surface area (Å²) in [5, 5.41) is 19.5. The second-order valence-electron chi connectivity index (χ2n) is 12.4. The number of carbonyl (C=O) groups is 1. The highest BCUT2D eigenvalue weighted by atomic mass is 16.6. The smallest absolute Gasteiger partial charge is 0.410 e.